The Morgan fingerprint density at radius 1 is 1.08 bits per heavy atom. The lowest BCUT2D eigenvalue weighted by Crippen LogP contribution is -2.30. The molecule has 6 nitrogen and oxygen atoms in total. The summed E-state index contributed by atoms with van der Waals surface area (Å²) in [5, 5.41) is 2.65. The van der Waals surface area contributed by atoms with Gasteiger partial charge in [0.05, 0.1) is 18.4 Å². The Balaban J connectivity index is 2.00. The van der Waals surface area contributed by atoms with Gasteiger partial charge in [0.1, 0.15) is 12.0 Å². The predicted octanol–water partition coefficient (Wildman–Crippen LogP) is 2.69. The number of ether oxygens (including phenoxy) is 2. The third kappa shape index (κ3) is 4.19. The van der Waals surface area contributed by atoms with E-state index in [0.717, 1.165) is 0 Å². The second kappa shape index (κ2) is 7.92. The van der Waals surface area contributed by atoms with Crippen molar-refractivity contribution in [3.63, 3.8) is 0 Å². The van der Waals surface area contributed by atoms with Crippen molar-refractivity contribution in [1.82, 2.24) is 0 Å². The Morgan fingerprint density at radius 3 is 2.38 bits per heavy atom. The minimum absolute atomic E-state index is 0.262. The maximum absolute atomic E-state index is 12.2. The lowest BCUT2D eigenvalue weighted by atomic mass is 10.1. The molecule has 2 aromatic carbocycles. The van der Waals surface area contributed by atoms with Gasteiger partial charge in [-0.1, -0.05) is 24.3 Å². The average Bonchev–Trinajstić information content (AvgIpc) is 2.62. The van der Waals surface area contributed by atoms with E-state index in [1.807, 2.05) is 0 Å². The summed E-state index contributed by atoms with van der Waals surface area (Å²) >= 11 is 0. The number of rotatable bonds is 6. The van der Waals surface area contributed by atoms with Crippen molar-refractivity contribution in [3.8, 4) is 5.75 Å². The van der Waals surface area contributed by atoms with Crippen LogP contribution in [0.1, 0.15) is 27.6 Å². The van der Waals surface area contributed by atoms with Gasteiger partial charge < -0.3 is 14.8 Å². The Labute approximate surface area is 139 Å². The van der Waals surface area contributed by atoms with Gasteiger partial charge in [0.2, 0.25) is 0 Å². The molecule has 1 N–H and O–H groups in total. The highest BCUT2D eigenvalue weighted by atomic mass is 16.5. The van der Waals surface area contributed by atoms with Crippen molar-refractivity contribution in [2.45, 2.75) is 13.0 Å². The number of carbonyl (C=O) groups excluding carboxylic acids is 3. The van der Waals surface area contributed by atoms with Crippen molar-refractivity contribution < 1.29 is 23.9 Å². The standard InChI is InChI=1S/C18H17NO5/c1-12(17(21)19-15-5-3-4-6-16(15)23-2)24-18(22)14-9-7-13(11-20)8-10-14/h3-12H,1-2H3,(H,19,21)/t12-/m1/s1. The van der Waals surface area contributed by atoms with E-state index in [2.05, 4.69) is 5.32 Å². The molecule has 0 aliphatic heterocycles. The number of anilines is 1. The lowest BCUT2D eigenvalue weighted by Gasteiger charge is -2.15. The number of para-hydroxylation sites is 2. The first-order valence-electron chi connectivity index (χ1n) is 7.25. The van der Waals surface area contributed by atoms with E-state index in [0.29, 0.717) is 23.3 Å². The van der Waals surface area contributed by atoms with Gasteiger partial charge in [0, 0.05) is 5.56 Å². The molecule has 24 heavy (non-hydrogen) atoms. The summed E-state index contributed by atoms with van der Waals surface area (Å²) in [5.74, 6) is -0.610. The second-order valence-corrected chi connectivity index (χ2v) is 4.98. The van der Waals surface area contributed by atoms with Gasteiger partial charge >= 0.3 is 5.97 Å². The molecule has 0 bridgehead atoms. The summed E-state index contributed by atoms with van der Waals surface area (Å²) in [5.41, 5.74) is 1.20. The van der Waals surface area contributed by atoms with Gasteiger partial charge in [0.15, 0.2) is 6.10 Å². The Kier molecular flexibility index (Phi) is 5.68. The summed E-state index contributed by atoms with van der Waals surface area (Å²) in [6.07, 6.45) is -0.313. The van der Waals surface area contributed by atoms with Crippen LogP contribution in [0.3, 0.4) is 0 Å². The molecular formula is C18H17NO5. The van der Waals surface area contributed by atoms with E-state index in [9.17, 15) is 14.4 Å². The van der Waals surface area contributed by atoms with Crippen molar-refractivity contribution in [1.29, 1.82) is 0 Å². The lowest BCUT2D eigenvalue weighted by molar-refractivity contribution is -0.123. The van der Waals surface area contributed by atoms with Crippen LogP contribution in [0, 0.1) is 0 Å². The summed E-state index contributed by atoms with van der Waals surface area (Å²) in [7, 11) is 1.50. The first-order valence-corrected chi connectivity index (χ1v) is 7.25. The van der Waals surface area contributed by atoms with E-state index in [-0.39, 0.29) is 5.56 Å². The Morgan fingerprint density at radius 2 is 1.75 bits per heavy atom. The number of hydrogen-bond donors (Lipinski definition) is 1. The van der Waals surface area contributed by atoms with E-state index >= 15 is 0 Å². The average molecular weight is 327 g/mol. The fourth-order valence-electron chi connectivity index (χ4n) is 1.96. The summed E-state index contributed by atoms with van der Waals surface area (Å²) < 4.78 is 10.3. The topological polar surface area (TPSA) is 81.7 Å². The van der Waals surface area contributed by atoms with Crippen LogP contribution in [-0.4, -0.2) is 31.4 Å². The van der Waals surface area contributed by atoms with Crippen molar-refractivity contribution >= 4 is 23.9 Å². The van der Waals surface area contributed by atoms with Crippen LogP contribution in [0.5, 0.6) is 5.75 Å². The van der Waals surface area contributed by atoms with Crippen LogP contribution in [-0.2, 0) is 9.53 Å². The van der Waals surface area contributed by atoms with E-state index in [4.69, 9.17) is 9.47 Å². The molecule has 0 heterocycles. The van der Waals surface area contributed by atoms with Gasteiger partial charge in [-0.15, -0.1) is 0 Å². The van der Waals surface area contributed by atoms with Gasteiger partial charge in [-0.25, -0.2) is 4.79 Å². The zero-order chi connectivity index (χ0) is 17.5. The number of nitrogens with one attached hydrogen (secondary N) is 1. The minimum Gasteiger partial charge on any atom is -0.495 e. The molecule has 0 radical (unpaired) electrons. The molecule has 2 aromatic rings. The molecule has 0 saturated carbocycles. The van der Waals surface area contributed by atoms with Crippen LogP contribution in [0.25, 0.3) is 0 Å². The second-order valence-electron chi connectivity index (χ2n) is 4.98. The van der Waals surface area contributed by atoms with Crippen LogP contribution in [0.4, 0.5) is 5.69 Å². The first-order chi connectivity index (χ1) is 11.5. The van der Waals surface area contributed by atoms with Gasteiger partial charge in [-0.05, 0) is 31.2 Å². The largest absolute Gasteiger partial charge is 0.495 e. The molecule has 6 heteroatoms. The predicted molar refractivity (Wildman–Crippen MR) is 88.3 cm³/mol. The zero-order valence-electron chi connectivity index (χ0n) is 13.3. The molecule has 0 aliphatic carbocycles. The first kappa shape index (κ1) is 17.2. The molecule has 1 atom stereocenters. The van der Waals surface area contributed by atoms with Crippen molar-refractivity contribution in [2.75, 3.05) is 12.4 Å². The maximum atomic E-state index is 12.2. The number of amides is 1. The molecule has 124 valence electrons. The quantitative estimate of drug-likeness (QED) is 0.651. The molecular weight excluding hydrogens is 310 g/mol. The van der Waals surface area contributed by atoms with Crippen LogP contribution in [0.2, 0.25) is 0 Å². The highest BCUT2D eigenvalue weighted by Crippen LogP contribution is 2.23. The van der Waals surface area contributed by atoms with Crippen LogP contribution in [0.15, 0.2) is 48.5 Å². The smallest absolute Gasteiger partial charge is 0.338 e. The SMILES string of the molecule is COc1ccccc1NC(=O)[C@@H](C)OC(=O)c1ccc(C=O)cc1. The van der Waals surface area contributed by atoms with E-state index in [1.54, 1.807) is 24.3 Å². The number of esters is 1. The molecule has 0 unspecified atom stereocenters. The minimum atomic E-state index is -0.992. The summed E-state index contributed by atoms with van der Waals surface area (Å²) in [6, 6.07) is 12.9. The molecule has 0 fully saturated rings. The zero-order valence-corrected chi connectivity index (χ0v) is 13.3. The molecule has 0 spiro atoms. The fourth-order valence-corrected chi connectivity index (χ4v) is 1.96. The van der Waals surface area contributed by atoms with Gasteiger partial charge in [-0.2, -0.15) is 0 Å². The number of carbonyl (C=O) groups is 3. The number of methoxy groups -OCH3 is 1. The Hall–Kier alpha value is -3.15. The number of hydrogen-bond acceptors (Lipinski definition) is 5. The highest BCUT2D eigenvalue weighted by molar-refractivity contribution is 5.98. The van der Waals surface area contributed by atoms with E-state index in [1.165, 1.54) is 38.3 Å². The van der Waals surface area contributed by atoms with Gasteiger partial charge in [-0.3, -0.25) is 9.59 Å². The molecule has 2 rings (SSSR count). The highest BCUT2D eigenvalue weighted by Gasteiger charge is 2.20. The maximum Gasteiger partial charge on any atom is 0.338 e. The van der Waals surface area contributed by atoms with E-state index < -0.39 is 18.0 Å². The van der Waals surface area contributed by atoms with Crippen LogP contribution >= 0.6 is 0 Å². The number of aldehydes is 1. The number of benzene rings is 2. The molecule has 0 saturated heterocycles. The molecule has 1 amide bonds. The monoisotopic (exact) mass is 327 g/mol. The normalized spacial score (nSPS) is 11.2. The summed E-state index contributed by atoms with van der Waals surface area (Å²) in [4.78, 5) is 34.8. The molecule has 0 aromatic heterocycles. The van der Waals surface area contributed by atoms with Gasteiger partial charge in [0.25, 0.3) is 5.91 Å². The molecule has 0 aliphatic rings. The van der Waals surface area contributed by atoms with Crippen molar-refractivity contribution in [2.24, 2.45) is 0 Å². The fraction of sp³-hybridized carbons (Fsp3) is 0.167. The summed E-state index contributed by atoms with van der Waals surface area (Å²) in [6.45, 7) is 1.47. The third-order valence-corrected chi connectivity index (χ3v) is 3.30. The Bertz CT molecular complexity index is 739. The van der Waals surface area contributed by atoms with Crippen LogP contribution < -0.4 is 10.1 Å². The third-order valence-electron chi connectivity index (χ3n) is 3.30. The van der Waals surface area contributed by atoms with Crippen molar-refractivity contribution in [3.05, 3.63) is 59.7 Å².